The summed E-state index contributed by atoms with van der Waals surface area (Å²) < 4.78 is 30.7. The van der Waals surface area contributed by atoms with Crippen LogP contribution in [0.25, 0.3) is 11.1 Å². The zero-order valence-electron chi connectivity index (χ0n) is 21.3. The summed E-state index contributed by atoms with van der Waals surface area (Å²) in [6.45, 7) is 5.53. The topological polar surface area (TPSA) is 115 Å². The van der Waals surface area contributed by atoms with E-state index in [1.54, 1.807) is 12.3 Å². The lowest BCUT2D eigenvalue weighted by molar-refractivity contribution is -0.140. The van der Waals surface area contributed by atoms with Gasteiger partial charge in [-0.25, -0.2) is 8.78 Å². The van der Waals surface area contributed by atoms with Crippen molar-refractivity contribution in [2.45, 2.75) is 45.8 Å². The SMILES string of the molecule is CC(C)(C)[C@H](c1cc(-c2cc(F)ccc2F)cn1Cc1ccccc1)N(CC[C@H](N)C(N)=O)C(=O)CO. The van der Waals surface area contributed by atoms with Crippen molar-refractivity contribution in [3.8, 4) is 11.1 Å². The van der Waals surface area contributed by atoms with Crippen LogP contribution < -0.4 is 11.5 Å². The van der Waals surface area contributed by atoms with Crippen LogP contribution >= 0.6 is 0 Å². The van der Waals surface area contributed by atoms with Crippen molar-refractivity contribution in [2.75, 3.05) is 13.2 Å². The summed E-state index contributed by atoms with van der Waals surface area (Å²) in [5, 5.41) is 9.78. The fourth-order valence-corrected chi connectivity index (χ4v) is 4.52. The Kier molecular flexibility index (Phi) is 8.83. The number of benzene rings is 2. The van der Waals surface area contributed by atoms with Gasteiger partial charge in [0.15, 0.2) is 0 Å². The number of rotatable bonds is 10. The number of carbonyl (C=O) groups is 2. The average Bonchev–Trinajstić information content (AvgIpc) is 3.24. The number of aliphatic hydroxyl groups excluding tert-OH is 1. The summed E-state index contributed by atoms with van der Waals surface area (Å²) in [6, 6.07) is 13.0. The number of aromatic nitrogens is 1. The molecule has 2 atom stereocenters. The van der Waals surface area contributed by atoms with Crippen LogP contribution in [0.3, 0.4) is 0 Å². The largest absolute Gasteiger partial charge is 0.387 e. The van der Waals surface area contributed by atoms with Crippen molar-refractivity contribution < 1.29 is 23.5 Å². The maximum atomic E-state index is 14.8. The van der Waals surface area contributed by atoms with E-state index in [9.17, 15) is 23.5 Å². The van der Waals surface area contributed by atoms with E-state index < -0.39 is 47.6 Å². The number of aliphatic hydroxyl groups is 1. The first-order chi connectivity index (χ1) is 17.4. The average molecular weight is 513 g/mol. The number of nitrogens with two attached hydrogens (primary N) is 2. The summed E-state index contributed by atoms with van der Waals surface area (Å²) >= 11 is 0. The molecule has 7 nitrogen and oxygen atoms in total. The molecule has 2 aromatic carbocycles. The van der Waals surface area contributed by atoms with Gasteiger partial charge in [-0.3, -0.25) is 9.59 Å². The third-order valence-electron chi connectivity index (χ3n) is 6.28. The lowest BCUT2D eigenvalue weighted by Crippen LogP contribution is -2.46. The molecule has 1 aromatic heterocycles. The van der Waals surface area contributed by atoms with E-state index in [1.165, 1.54) is 4.90 Å². The molecule has 9 heteroatoms. The predicted molar refractivity (Wildman–Crippen MR) is 138 cm³/mol. The number of nitrogens with zero attached hydrogens (tertiary/aromatic N) is 2. The van der Waals surface area contributed by atoms with Crippen molar-refractivity contribution in [1.82, 2.24) is 9.47 Å². The van der Waals surface area contributed by atoms with Crippen molar-refractivity contribution in [1.29, 1.82) is 0 Å². The predicted octanol–water partition coefficient (Wildman–Crippen LogP) is 3.59. The third-order valence-corrected chi connectivity index (χ3v) is 6.28. The van der Waals surface area contributed by atoms with Crippen LogP contribution in [-0.2, 0) is 16.1 Å². The molecular formula is C28H34F2N4O3. The maximum absolute atomic E-state index is 14.8. The molecule has 0 fully saturated rings. The second-order valence-electron chi connectivity index (χ2n) is 10.2. The van der Waals surface area contributed by atoms with Crippen LogP contribution in [0.1, 0.15) is 44.5 Å². The summed E-state index contributed by atoms with van der Waals surface area (Å²) in [7, 11) is 0. The highest BCUT2D eigenvalue weighted by molar-refractivity contribution is 5.80. The molecule has 3 aromatic rings. The highest BCUT2D eigenvalue weighted by atomic mass is 19.1. The number of hydrogen-bond donors (Lipinski definition) is 3. The van der Waals surface area contributed by atoms with Crippen molar-refractivity contribution in [3.63, 3.8) is 0 Å². The van der Waals surface area contributed by atoms with Gasteiger partial charge in [-0.1, -0.05) is 51.1 Å². The summed E-state index contributed by atoms with van der Waals surface area (Å²) in [5.74, 6) is -2.39. The first-order valence-electron chi connectivity index (χ1n) is 12.1. The Hall–Kier alpha value is -3.56. The monoisotopic (exact) mass is 512 g/mol. The van der Waals surface area contributed by atoms with E-state index in [0.717, 1.165) is 23.8 Å². The molecule has 0 saturated heterocycles. The summed E-state index contributed by atoms with van der Waals surface area (Å²) in [5.41, 5.74) is 12.8. The minimum Gasteiger partial charge on any atom is -0.387 e. The summed E-state index contributed by atoms with van der Waals surface area (Å²) in [6.07, 6.45) is 1.83. The van der Waals surface area contributed by atoms with Gasteiger partial charge in [0.05, 0.1) is 12.1 Å². The van der Waals surface area contributed by atoms with Crippen LogP contribution in [0.15, 0.2) is 60.8 Å². The van der Waals surface area contributed by atoms with E-state index in [4.69, 9.17) is 11.5 Å². The van der Waals surface area contributed by atoms with E-state index in [2.05, 4.69) is 0 Å². The van der Waals surface area contributed by atoms with Crippen LogP contribution in [0.4, 0.5) is 8.78 Å². The van der Waals surface area contributed by atoms with E-state index >= 15 is 0 Å². The molecule has 5 N–H and O–H groups in total. The molecule has 198 valence electrons. The molecule has 0 aliphatic heterocycles. The molecule has 0 saturated carbocycles. The molecule has 0 unspecified atom stereocenters. The van der Waals surface area contributed by atoms with Crippen LogP contribution in [0.5, 0.6) is 0 Å². The molecule has 37 heavy (non-hydrogen) atoms. The van der Waals surface area contributed by atoms with Gasteiger partial charge in [0.2, 0.25) is 11.8 Å². The zero-order valence-corrected chi connectivity index (χ0v) is 21.3. The Labute approximate surface area is 215 Å². The number of hydrogen-bond acceptors (Lipinski definition) is 4. The third kappa shape index (κ3) is 6.81. The van der Waals surface area contributed by atoms with E-state index in [0.29, 0.717) is 17.8 Å². The first-order valence-corrected chi connectivity index (χ1v) is 12.1. The minimum atomic E-state index is -0.970. The normalized spacial score (nSPS) is 13.3. The van der Waals surface area contributed by atoms with Gasteiger partial charge >= 0.3 is 0 Å². The van der Waals surface area contributed by atoms with E-state index in [-0.39, 0.29) is 18.5 Å². The molecular weight excluding hydrogens is 478 g/mol. The Bertz CT molecular complexity index is 1240. The van der Waals surface area contributed by atoms with Gasteiger partial charge < -0.3 is 26.0 Å². The standard InChI is InChI=1S/C28H34F2N4O3/c1-28(2,3)26(34(25(36)17-35)12-11-23(31)27(32)37)24-13-19(21-14-20(29)9-10-22(21)30)16-33(24)15-18-7-5-4-6-8-18/h4-10,13-14,16,23,26,35H,11-12,15,17,31H2,1-3H3,(H2,32,37)/t23-,26-/m0/s1. The molecule has 1 heterocycles. The zero-order chi connectivity index (χ0) is 27.3. The van der Waals surface area contributed by atoms with Gasteiger partial charge in [0, 0.05) is 36.1 Å². The fraction of sp³-hybridized carbons (Fsp3) is 0.357. The number of amides is 2. The van der Waals surface area contributed by atoms with Crippen molar-refractivity contribution in [3.05, 3.63) is 83.7 Å². The second-order valence-corrected chi connectivity index (χ2v) is 10.2. The Morgan fingerprint density at radius 3 is 2.35 bits per heavy atom. The van der Waals surface area contributed by atoms with Gasteiger partial charge in [-0.15, -0.1) is 0 Å². The van der Waals surface area contributed by atoms with Gasteiger partial charge in [0.25, 0.3) is 0 Å². The van der Waals surface area contributed by atoms with Gasteiger partial charge in [0.1, 0.15) is 18.2 Å². The Balaban J connectivity index is 2.18. The van der Waals surface area contributed by atoms with Gasteiger partial charge in [-0.2, -0.15) is 0 Å². The van der Waals surface area contributed by atoms with Crippen LogP contribution in [-0.4, -0.2) is 45.6 Å². The number of carbonyl (C=O) groups excluding carboxylic acids is 2. The molecule has 0 radical (unpaired) electrons. The van der Waals surface area contributed by atoms with E-state index in [1.807, 2.05) is 55.7 Å². The highest BCUT2D eigenvalue weighted by Gasteiger charge is 2.37. The molecule has 2 amide bonds. The Morgan fingerprint density at radius 1 is 1.08 bits per heavy atom. The molecule has 0 bridgehead atoms. The Morgan fingerprint density at radius 2 is 1.76 bits per heavy atom. The van der Waals surface area contributed by atoms with Crippen molar-refractivity contribution in [2.24, 2.45) is 16.9 Å². The van der Waals surface area contributed by atoms with Crippen LogP contribution in [0, 0.1) is 17.0 Å². The lowest BCUT2D eigenvalue weighted by atomic mass is 9.82. The van der Waals surface area contributed by atoms with Crippen LogP contribution in [0.2, 0.25) is 0 Å². The van der Waals surface area contributed by atoms with Gasteiger partial charge in [-0.05, 0) is 41.7 Å². The van der Waals surface area contributed by atoms with Crippen molar-refractivity contribution >= 4 is 11.8 Å². The smallest absolute Gasteiger partial charge is 0.248 e. The fourth-order valence-electron chi connectivity index (χ4n) is 4.52. The lowest BCUT2D eigenvalue weighted by Gasteiger charge is -2.41. The minimum absolute atomic E-state index is 0.0611. The number of primary amides is 1. The molecule has 3 rings (SSSR count). The molecule has 0 aliphatic rings. The number of halogens is 2. The highest BCUT2D eigenvalue weighted by Crippen LogP contribution is 2.41. The molecule has 0 spiro atoms. The maximum Gasteiger partial charge on any atom is 0.248 e. The quantitative estimate of drug-likeness (QED) is 0.385. The second kappa shape index (κ2) is 11.7. The molecule has 0 aliphatic carbocycles. The first kappa shape index (κ1) is 28.0. The summed E-state index contributed by atoms with van der Waals surface area (Å²) in [4.78, 5) is 26.0.